The summed E-state index contributed by atoms with van der Waals surface area (Å²) < 4.78 is 0. The molecule has 3 N–H and O–H groups in total. The number of likely N-dealkylation sites (N-methyl/N-ethyl adjacent to an activating group) is 1. The summed E-state index contributed by atoms with van der Waals surface area (Å²) in [5, 5.41) is 9.44. The number of amides is 1. The molecule has 3 heterocycles. The van der Waals surface area contributed by atoms with E-state index in [0.29, 0.717) is 18.2 Å². The van der Waals surface area contributed by atoms with Crippen molar-refractivity contribution in [2.24, 2.45) is 11.8 Å². The zero-order valence-electron chi connectivity index (χ0n) is 18.0. The number of piperazine rings is 1. The van der Waals surface area contributed by atoms with Gasteiger partial charge in [-0.3, -0.25) is 20.4 Å². The Labute approximate surface area is 170 Å². The van der Waals surface area contributed by atoms with Crippen LogP contribution in [0, 0.1) is 11.8 Å². The lowest BCUT2D eigenvalue weighted by atomic mass is 9.84. The fourth-order valence-electron chi connectivity index (χ4n) is 5.59. The molecule has 4 atom stereocenters. The highest BCUT2D eigenvalue weighted by atomic mass is 16.2. The SMILES string of the molecule is CCC1CCC(NC(=O)C2CNN3C2NC(C)CC3N2CCN(C)CC2)CC1. The van der Waals surface area contributed by atoms with Gasteiger partial charge in [0.2, 0.25) is 5.91 Å². The quantitative estimate of drug-likeness (QED) is 0.658. The van der Waals surface area contributed by atoms with E-state index in [-0.39, 0.29) is 18.0 Å². The Kier molecular flexibility index (Phi) is 6.57. The summed E-state index contributed by atoms with van der Waals surface area (Å²) in [6.07, 6.45) is 7.68. The van der Waals surface area contributed by atoms with Gasteiger partial charge in [-0.25, -0.2) is 5.01 Å². The number of carbonyl (C=O) groups excluding carboxylic acids is 1. The van der Waals surface area contributed by atoms with Gasteiger partial charge < -0.3 is 10.2 Å². The maximum absolute atomic E-state index is 13.1. The molecule has 1 amide bonds. The van der Waals surface area contributed by atoms with E-state index in [1.165, 1.54) is 19.3 Å². The molecule has 4 fully saturated rings. The van der Waals surface area contributed by atoms with Gasteiger partial charge in [0.1, 0.15) is 0 Å². The summed E-state index contributed by atoms with van der Waals surface area (Å²) in [7, 11) is 2.20. The first-order chi connectivity index (χ1) is 13.5. The van der Waals surface area contributed by atoms with Gasteiger partial charge in [-0.05, 0) is 52.0 Å². The fourth-order valence-corrected chi connectivity index (χ4v) is 5.59. The highest BCUT2D eigenvalue weighted by Crippen LogP contribution is 2.29. The van der Waals surface area contributed by atoms with E-state index in [2.05, 4.69) is 51.8 Å². The average Bonchev–Trinajstić information content (AvgIpc) is 3.12. The van der Waals surface area contributed by atoms with Crippen LogP contribution in [0.25, 0.3) is 0 Å². The number of nitrogens with one attached hydrogen (secondary N) is 3. The van der Waals surface area contributed by atoms with Gasteiger partial charge in [-0.1, -0.05) is 13.3 Å². The summed E-state index contributed by atoms with van der Waals surface area (Å²) in [5.41, 5.74) is 3.58. The molecule has 28 heavy (non-hydrogen) atoms. The molecule has 7 nitrogen and oxygen atoms in total. The van der Waals surface area contributed by atoms with Crippen LogP contribution in [0.1, 0.15) is 52.4 Å². The molecule has 3 saturated heterocycles. The minimum absolute atomic E-state index is 0.0124. The van der Waals surface area contributed by atoms with Crippen molar-refractivity contribution < 1.29 is 4.79 Å². The normalized spacial score (nSPS) is 41.0. The monoisotopic (exact) mass is 392 g/mol. The van der Waals surface area contributed by atoms with Gasteiger partial charge >= 0.3 is 0 Å². The van der Waals surface area contributed by atoms with Crippen molar-refractivity contribution in [2.75, 3.05) is 39.8 Å². The van der Waals surface area contributed by atoms with Gasteiger partial charge in [0.05, 0.1) is 18.2 Å². The van der Waals surface area contributed by atoms with Gasteiger partial charge in [0.25, 0.3) is 0 Å². The van der Waals surface area contributed by atoms with Crippen LogP contribution in [0.3, 0.4) is 0 Å². The highest BCUT2D eigenvalue weighted by molar-refractivity contribution is 5.80. The molecule has 1 saturated carbocycles. The molecule has 1 aliphatic carbocycles. The second-order valence-electron chi connectivity index (χ2n) is 9.58. The average molecular weight is 393 g/mol. The predicted molar refractivity (Wildman–Crippen MR) is 111 cm³/mol. The van der Waals surface area contributed by atoms with Crippen LogP contribution in [0.5, 0.6) is 0 Å². The number of hydrogen-bond acceptors (Lipinski definition) is 6. The van der Waals surface area contributed by atoms with Crippen LogP contribution in [-0.4, -0.2) is 84.9 Å². The molecule has 0 radical (unpaired) electrons. The van der Waals surface area contributed by atoms with Crippen LogP contribution in [-0.2, 0) is 4.79 Å². The molecule has 4 aliphatic rings. The third kappa shape index (κ3) is 4.38. The second-order valence-corrected chi connectivity index (χ2v) is 9.58. The van der Waals surface area contributed by atoms with Crippen LogP contribution in [0.15, 0.2) is 0 Å². The van der Waals surface area contributed by atoms with E-state index in [4.69, 9.17) is 0 Å². The van der Waals surface area contributed by atoms with Crippen LogP contribution < -0.4 is 16.1 Å². The second kappa shape index (κ2) is 8.96. The molecule has 0 aromatic heterocycles. The molecule has 160 valence electrons. The molecular formula is C21H40N6O. The van der Waals surface area contributed by atoms with E-state index in [9.17, 15) is 4.79 Å². The third-order valence-corrected chi connectivity index (χ3v) is 7.58. The van der Waals surface area contributed by atoms with Crippen LogP contribution >= 0.6 is 0 Å². The van der Waals surface area contributed by atoms with Crippen molar-refractivity contribution >= 4 is 5.91 Å². The van der Waals surface area contributed by atoms with Crippen molar-refractivity contribution in [2.45, 2.75) is 76.8 Å². The predicted octanol–water partition coefficient (Wildman–Crippen LogP) is 0.789. The fraction of sp³-hybridized carbons (Fsp3) is 0.952. The lowest BCUT2D eigenvalue weighted by Crippen LogP contribution is -2.67. The maximum Gasteiger partial charge on any atom is 0.227 e. The van der Waals surface area contributed by atoms with Crippen molar-refractivity contribution in [1.29, 1.82) is 0 Å². The van der Waals surface area contributed by atoms with Crippen molar-refractivity contribution in [3.05, 3.63) is 0 Å². The Morgan fingerprint density at radius 1 is 1.11 bits per heavy atom. The van der Waals surface area contributed by atoms with Crippen molar-refractivity contribution in [1.82, 2.24) is 30.9 Å². The molecule has 4 rings (SSSR count). The largest absolute Gasteiger partial charge is 0.353 e. The third-order valence-electron chi connectivity index (χ3n) is 7.58. The first-order valence-electron chi connectivity index (χ1n) is 11.6. The lowest BCUT2D eigenvalue weighted by molar-refractivity contribution is -0.129. The number of fused-ring (bicyclic) bond motifs is 1. The number of hydrogen-bond donors (Lipinski definition) is 3. The van der Waals surface area contributed by atoms with Gasteiger partial charge in [-0.15, -0.1) is 0 Å². The first-order valence-corrected chi connectivity index (χ1v) is 11.6. The van der Waals surface area contributed by atoms with Gasteiger partial charge in [0.15, 0.2) is 0 Å². The highest BCUT2D eigenvalue weighted by Gasteiger charge is 2.47. The van der Waals surface area contributed by atoms with Crippen LogP contribution in [0.4, 0.5) is 0 Å². The topological polar surface area (TPSA) is 62.9 Å². The van der Waals surface area contributed by atoms with E-state index in [1.807, 2.05) is 0 Å². The molecule has 3 aliphatic heterocycles. The molecule has 0 bridgehead atoms. The summed E-state index contributed by atoms with van der Waals surface area (Å²) in [5.74, 6) is 1.09. The van der Waals surface area contributed by atoms with E-state index >= 15 is 0 Å². The van der Waals surface area contributed by atoms with Gasteiger partial charge in [-0.2, -0.15) is 0 Å². The maximum atomic E-state index is 13.1. The number of carbonyl (C=O) groups is 1. The molecule has 7 heteroatoms. The number of hydrazine groups is 1. The molecular weight excluding hydrogens is 352 g/mol. The molecule has 4 unspecified atom stereocenters. The minimum Gasteiger partial charge on any atom is -0.353 e. The lowest BCUT2D eigenvalue weighted by Gasteiger charge is -2.48. The minimum atomic E-state index is -0.0124. The zero-order valence-corrected chi connectivity index (χ0v) is 18.0. The summed E-state index contributed by atoms with van der Waals surface area (Å²) in [4.78, 5) is 18.1. The van der Waals surface area contributed by atoms with E-state index < -0.39 is 0 Å². The van der Waals surface area contributed by atoms with E-state index in [0.717, 1.165) is 57.9 Å². The van der Waals surface area contributed by atoms with Crippen LogP contribution in [0.2, 0.25) is 0 Å². The van der Waals surface area contributed by atoms with Crippen molar-refractivity contribution in [3.8, 4) is 0 Å². The zero-order chi connectivity index (χ0) is 19.7. The Morgan fingerprint density at radius 3 is 2.50 bits per heavy atom. The Morgan fingerprint density at radius 2 is 1.82 bits per heavy atom. The standard InChI is InChI=1S/C21H40N6O/c1-4-16-5-7-17(8-6-16)24-21(28)18-14-22-27-19(13-15(2)23-20(18)27)26-11-9-25(3)10-12-26/h15-20,22-23H,4-14H2,1-3H3,(H,24,28). The molecule has 0 aromatic carbocycles. The number of nitrogens with zero attached hydrogens (tertiary/aromatic N) is 3. The molecule has 0 spiro atoms. The Hall–Kier alpha value is -0.730. The molecule has 0 aromatic rings. The van der Waals surface area contributed by atoms with E-state index in [1.54, 1.807) is 0 Å². The van der Waals surface area contributed by atoms with Gasteiger partial charge in [0, 0.05) is 44.8 Å². The van der Waals surface area contributed by atoms with Crippen molar-refractivity contribution in [3.63, 3.8) is 0 Å². The first kappa shape index (κ1) is 20.5. The smallest absolute Gasteiger partial charge is 0.227 e. The summed E-state index contributed by atoms with van der Waals surface area (Å²) in [6.45, 7) is 9.76. The Balaban J connectivity index is 1.36. The Bertz CT molecular complexity index is 529. The number of rotatable bonds is 4. The summed E-state index contributed by atoms with van der Waals surface area (Å²) in [6, 6.07) is 0.805. The summed E-state index contributed by atoms with van der Waals surface area (Å²) >= 11 is 0.